The van der Waals surface area contributed by atoms with Crippen LogP contribution in [-0.4, -0.2) is 217 Å². The van der Waals surface area contributed by atoms with Gasteiger partial charge in [0.05, 0.1) is 0 Å². The summed E-state index contributed by atoms with van der Waals surface area (Å²) in [5, 5.41) is 27.9. The van der Waals surface area contributed by atoms with Crippen LogP contribution in [-0.2, 0) is 14.9 Å². The van der Waals surface area contributed by atoms with Crippen molar-refractivity contribution in [1.82, 2.24) is 0 Å². The second-order valence-electron chi connectivity index (χ2n) is 1.30. The topological polar surface area (TPSA) is 247 Å². The van der Waals surface area contributed by atoms with Crippen molar-refractivity contribution in [3.63, 3.8) is 0 Å². The summed E-state index contributed by atoms with van der Waals surface area (Å²) in [7, 11) is -7.80. The van der Waals surface area contributed by atoms with Gasteiger partial charge in [0.2, 0.25) is 0 Å². The third kappa shape index (κ3) is 1220. The molecule has 13 nitrogen and oxygen atoms in total. The van der Waals surface area contributed by atoms with E-state index < -0.39 is 31.9 Å². The van der Waals surface area contributed by atoms with Crippen molar-refractivity contribution in [1.29, 1.82) is 0 Å². The molecule has 0 rings (SSSR count). The van der Waals surface area contributed by atoms with Crippen LogP contribution in [0.2, 0.25) is 0 Å². The van der Waals surface area contributed by atoms with Crippen molar-refractivity contribution in [2.75, 3.05) is 0 Å². The van der Waals surface area contributed by atoms with Gasteiger partial charge in [-0.05, 0) is 0 Å². The molecule has 0 aliphatic carbocycles. The van der Waals surface area contributed by atoms with Crippen molar-refractivity contribution < 1.29 is 61.6 Å². The first kappa shape index (κ1) is 56.2. The van der Waals surface area contributed by atoms with Crippen molar-refractivity contribution in [3.05, 3.63) is 0 Å². The summed E-state index contributed by atoms with van der Waals surface area (Å²) >= 11 is 0. The summed E-state index contributed by atoms with van der Waals surface area (Å²) in [4.78, 5) is 31.4. The molecule has 0 heterocycles. The Kier molecular flexibility index (Phi) is 100. The molecular formula is C2H13Na5O13SSi. The maximum absolute atomic E-state index is 8.74. The quantitative estimate of drug-likeness (QED) is 0.135. The summed E-state index contributed by atoms with van der Waals surface area (Å²) < 4.78 is 40.3. The molecule has 20 heteroatoms. The molecule has 0 aliphatic heterocycles. The Labute approximate surface area is 236 Å². The van der Waals surface area contributed by atoms with E-state index >= 15 is 0 Å². The zero-order valence-corrected chi connectivity index (χ0v) is 9.34. The van der Waals surface area contributed by atoms with Crippen molar-refractivity contribution >= 4 is 180 Å². The van der Waals surface area contributed by atoms with E-state index in [1.54, 1.807) is 0 Å². The summed E-state index contributed by atoms with van der Waals surface area (Å²) in [5.74, 6) is 0. The Morgan fingerprint density at radius 1 is 0.682 bits per heavy atom. The predicted octanol–water partition coefficient (Wildman–Crippen LogP) is -5.06. The van der Waals surface area contributed by atoms with Crippen molar-refractivity contribution in [3.8, 4) is 0 Å². The molecule has 0 aliphatic rings. The summed E-state index contributed by atoms with van der Waals surface area (Å²) in [5.41, 5.74) is 0. The Bertz CT molecular complexity index is 283. The summed E-state index contributed by atoms with van der Waals surface area (Å²) in [6, 6.07) is 0. The Morgan fingerprint density at radius 2 is 0.682 bits per heavy atom. The van der Waals surface area contributed by atoms with E-state index in [4.69, 9.17) is 61.6 Å². The van der Waals surface area contributed by atoms with E-state index in [1.165, 1.54) is 0 Å². The molecule has 0 aromatic heterocycles. The van der Waals surface area contributed by atoms with Crippen LogP contribution in [0.5, 0.6) is 0 Å². The van der Waals surface area contributed by atoms with E-state index in [2.05, 4.69) is 0 Å². The molecule has 0 bridgehead atoms. The standard InChI is InChI=1S/2CH2O3.5Na.H2O4S.H2O3Si.5H/c2*2-1(3)4;;;;;;1-5(2,3)4;1-4(2)3;;;;;/h2*(H2,2,3,4);;;;;;(H2,1,2,3,4);1-2H;;;;;. The van der Waals surface area contributed by atoms with E-state index in [1.807, 2.05) is 0 Å². The van der Waals surface area contributed by atoms with Crippen LogP contribution < -0.4 is 0 Å². The third-order valence-electron chi connectivity index (χ3n) is 0. The average molecular weight is 420 g/mol. The zero-order valence-electron chi connectivity index (χ0n) is 7.53. The molecule has 114 valence electrons. The second-order valence-corrected chi connectivity index (χ2v) is 2.76. The van der Waals surface area contributed by atoms with Crippen LogP contribution in [0.3, 0.4) is 0 Å². The van der Waals surface area contributed by atoms with Gasteiger partial charge in [0.1, 0.15) is 0 Å². The van der Waals surface area contributed by atoms with E-state index in [0.29, 0.717) is 0 Å². The number of carbonyl (C=O) groups is 2. The van der Waals surface area contributed by atoms with Crippen LogP contribution in [0.1, 0.15) is 0 Å². The van der Waals surface area contributed by atoms with Crippen LogP contribution in [0, 0.1) is 0 Å². The van der Waals surface area contributed by atoms with Gasteiger partial charge in [-0.3, -0.25) is 13.6 Å². The zero-order chi connectivity index (χ0) is 15.2. The van der Waals surface area contributed by atoms with Gasteiger partial charge in [0.15, 0.2) is 0 Å². The second kappa shape index (κ2) is 39.2. The fraction of sp³-hybridized carbons (Fsp3) is 0. The first-order chi connectivity index (χ1) is 7.20. The monoisotopic (exact) mass is 420 g/mol. The molecule has 0 atom stereocenters. The van der Waals surface area contributed by atoms with Crippen LogP contribution in [0.4, 0.5) is 9.59 Å². The van der Waals surface area contributed by atoms with Crippen LogP contribution in [0.15, 0.2) is 0 Å². The first-order valence-electron chi connectivity index (χ1n) is 2.65. The van der Waals surface area contributed by atoms with Gasteiger partial charge >= 0.3 is 180 Å². The summed E-state index contributed by atoms with van der Waals surface area (Å²) in [6.45, 7) is 0. The van der Waals surface area contributed by atoms with Gasteiger partial charge in [-0.2, -0.15) is 8.42 Å². The molecule has 8 N–H and O–H groups in total. The average Bonchev–Trinajstić information content (AvgIpc) is 1.73. The SMILES string of the molecule is O=C(O)O.O=C(O)O.O=S(=O)(O)O.O=[Si](O)O.[NaH].[NaH].[NaH].[NaH].[NaH]. The van der Waals surface area contributed by atoms with E-state index in [-0.39, 0.29) is 148 Å². The van der Waals surface area contributed by atoms with Gasteiger partial charge in [-0.15, -0.1) is 0 Å². The number of hydrogen-bond donors (Lipinski definition) is 8. The molecule has 0 aromatic rings. The molecule has 0 saturated heterocycles. The van der Waals surface area contributed by atoms with Crippen molar-refractivity contribution in [2.24, 2.45) is 0 Å². The minimum atomic E-state index is -4.67. The summed E-state index contributed by atoms with van der Waals surface area (Å²) in [6.07, 6.45) is -3.67. The number of carboxylic acid groups (broad SMARTS) is 4. The minimum absolute atomic E-state index is 0. The Hall–Kier alpha value is 3.03. The molecule has 0 radical (unpaired) electrons. The van der Waals surface area contributed by atoms with Gasteiger partial charge in [-0.25, -0.2) is 9.59 Å². The molecule has 0 spiro atoms. The molecule has 0 aromatic carbocycles. The molecule has 0 amide bonds. The van der Waals surface area contributed by atoms with Gasteiger partial charge < -0.3 is 30.0 Å². The third-order valence-corrected chi connectivity index (χ3v) is 0. The maximum atomic E-state index is 8.74. The van der Waals surface area contributed by atoms with Crippen LogP contribution in [0.25, 0.3) is 0 Å². The molecule has 0 unspecified atom stereocenters. The van der Waals surface area contributed by atoms with E-state index in [0.717, 1.165) is 0 Å². The first-order valence-corrected chi connectivity index (χ1v) is 5.35. The molecular weight excluding hydrogens is 407 g/mol. The predicted molar refractivity (Wildman–Crippen MR) is 82.1 cm³/mol. The Balaban J connectivity index is -0.0000000137. The normalized spacial score (nSPS) is 5.91. The molecule has 0 saturated carbocycles. The molecule has 0 fully saturated rings. The number of rotatable bonds is 0. The van der Waals surface area contributed by atoms with E-state index in [9.17, 15) is 0 Å². The van der Waals surface area contributed by atoms with Gasteiger partial charge in [0.25, 0.3) is 0 Å². The van der Waals surface area contributed by atoms with Crippen LogP contribution >= 0.6 is 0 Å². The van der Waals surface area contributed by atoms with Gasteiger partial charge in [-0.1, -0.05) is 0 Å². The fourth-order valence-electron chi connectivity index (χ4n) is 0. The fourth-order valence-corrected chi connectivity index (χ4v) is 0. The van der Waals surface area contributed by atoms with Crippen molar-refractivity contribution in [2.45, 2.75) is 0 Å². The van der Waals surface area contributed by atoms with Gasteiger partial charge in [0, 0.05) is 0 Å². The Morgan fingerprint density at radius 3 is 0.682 bits per heavy atom. The number of hydrogen-bond acceptors (Lipinski definition) is 5. The molecule has 22 heavy (non-hydrogen) atoms.